The highest BCUT2D eigenvalue weighted by Crippen LogP contribution is 2.43. The topological polar surface area (TPSA) is 133 Å². The molecule has 11 nitrogen and oxygen atoms in total. The predicted octanol–water partition coefficient (Wildman–Crippen LogP) is 5.04. The maximum atomic E-state index is 17.0. The third kappa shape index (κ3) is 5.03. The van der Waals surface area contributed by atoms with Crippen LogP contribution in [-0.2, 0) is 11.2 Å². The molecule has 6 heterocycles. The molecule has 4 fully saturated rings. The van der Waals surface area contributed by atoms with Gasteiger partial charge in [-0.05, 0) is 85.2 Å². The minimum absolute atomic E-state index is 0.0677. The number of carbonyl (C=O) groups is 2. The number of hydrogen-bond donors (Lipinski definition) is 3. The van der Waals surface area contributed by atoms with Crippen LogP contribution in [0.25, 0.3) is 32.9 Å². The number of urea groups is 1. The number of nitrogens with one attached hydrogen (secondary N) is 2. The van der Waals surface area contributed by atoms with Crippen LogP contribution in [0.3, 0.4) is 0 Å². The van der Waals surface area contributed by atoms with Crippen LogP contribution in [0.4, 0.5) is 23.8 Å². The molecular formula is C35H34F3N7O4. The first-order valence-corrected chi connectivity index (χ1v) is 16.5. The molecule has 1 unspecified atom stereocenters. The molecule has 4 aliphatic heterocycles. The van der Waals surface area contributed by atoms with Gasteiger partial charge in [0.1, 0.15) is 40.7 Å². The lowest BCUT2D eigenvalue weighted by Crippen LogP contribution is -2.58. The molecule has 0 radical (unpaired) electrons. The maximum absolute atomic E-state index is 17.0. The Bertz CT molecular complexity index is 2090. The minimum Gasteiger partial charge on any atom is -0.508 e. The van der Waals surface area contributed by atoms with Crippen molar-refractivity contribution in [2.45, 2.75) is 56.5 Å². The van der Waals surface area contributed by atoms with Gasteiger partial charge in [-0.25, -0.2) is 18.0 Å². The summed E-state index contributed by atoms with van der Waals surface area (Å²) in [6, 6.07) is 5.00. The van der Waals surface area contributed by atoms with Crippen molar-refractivity contribution in [3.05, 3.63) is 59.6 Å². The van der Waals surface area contributed by atoms with Gasteiger partial charge < -0.3 is 20.1 Å². The number of fused-ring (bicyclic) bond motifs is 3. The quantitative estimate of drug-likeness (QED) is 0.241. The lowest BCUT2D eigenvalue weighted by Gasteiger charge is -2.39. The summed E-state index contributed by atoms with van der Waals surface area (Å²) in [5.41, 5.74) is -0.656. The molecule has 4 saturated heterocycles. The van der Waals surface area contributed by atoms with Crippen LogP contribution in [-0.4, -0.2) is 80.8 Å². The van der Waals surface area contributed by atoms with Crippen molar-refractivity contribution in [2.24, 2.45) is 0 Å². The molecule has 1 spiro atoms. The van der Waals surface area contributed by atoms with E-state index >= 15 is 8.78 Å². The van der Waals surface area contributed by atoms with Gasteiger partial charge in [0.15, 0.2) is 5.82 Å². The smallest absolute Gasteiger partial charge is 0.322 e. The van der Waals surface area contributed by atoms with E-state index in [1.54, 1.807) is 11.8 Å². The Hall–Kier alpha value is -4.98. The van der Waals surface area contributed by atoms with Crippen molar-refractivity contribution < 1.29 is 32.6 Å². The molecule has 8 rings (SSSR count). The normalized spacial score (nSPS) is 24.7. The molecule has 254 valence electrons. The first-order valence-electron chi connectivity index (χ1n) is 16.5. The summed E-state index contributed by atoms with van der Waals surface area (Å²) >= 11 is 0. The largest absolute Gasteiger partial charge is 0.508 e. The number of halogens is 3. The molecule has 2 aromatic heterocycles. The number of rotatable bonds is 6. The molecule has 2 aromatic carbocycles. The molecule has 4 aliphatic rings. The molecule has 0 bridgehead atoms. The zero-order chi connectivity index (χ0) is 34.1. The third-order valence-corrected chi connectivity index (χ3v) is 10.5. The highest BCUT2D eigenvalue weighted by molar-refractivity contribution is 6.08. The molecule has 0 saturated carbocycles. The van der Waals surface area contributed by atoms with E-state index in [0.717, 1.165) is 19.4 Å². The Balaban J connectivity index is 1.27. The van der Waals surface area contributed by atoms with Crippen LogP contribution in [0.1, 0.15) is 44.6 Å². The number of pyridine rings is 1. The van der Waals surface area contributed by atoms with Gasteiger partial charge in [-0.2, -0.15) is 9.97 Å². The first-order chi connectivity index (χ1) is 23.6. The average molecular weight is 674 g/mol. The van der Waals surface area contributed by atoms with E-state index in [9.17, 15) is 19.1 Å². The van der Waals surface area contributed by atoms with Crippen molar-refractivity contribution in [3.8, 4) is 23.0 Å². The number of hydrogen-bond acceptors (Lipinski definition) is 9. The summed E-state index contributed by atoms with van der Waals surface area (Å²) in [5, 5.41) is 16.9. The summed E-state index contributed by atoms with van der Waals surface area (Å²) in [4.78, 5) is 42.8. The van der Waals surface area contributed by atoms with E-state index < -0.39 is 34.7 Å². The van der Waals surface area contributed by atoms with Crippen LogP contribution in [0.2, 0.25) is 0 Å². The van der Waals surface area contributed by atoms with E-state index in [1.807, 2.05) is 0 Å². The Labute approximate surface area is 279 Å². The van der Waals surface area contributed by atoms with Gasteiger partial charge in [0, 0.05) is 24.8 Å². The van der Waals surface area contributed by atoms with Gasteiger partial charge >= 0.3 is 12.0 Å². The van der Waals surface area contributed by atoms with E-state index in [-0.39, 0.29) is 52.9 Å². The number of aromatic nitrogens is 3. The number of aromatic hydroxyl groups is 1. The number of ether oxygens (including phenoxy) is 1. The predicted molar refractivity (Wildman–Crippen MR) is 175 cm³/mol. The third-order valence-electron chi connectivity index (χ3n) is 10.5. The fourth-order valence-electron chi connectivity index (χ4n) is 8.25. The number of imide groups is 1. The van der Waals surface area contributed by atoms with Gasteiger partial charge in [-0.1, -0.05) is 13.0 Å². The lowest BCUT2D eigenvalue weighted by molar-refractivity contribution is -0.124. The second kappa shape index (κ2) is 11.6. The monoisotopic (exact) mass is 673 g/mol. The Morgan fingerprint density at radius 3 is 2.73 bits per heavy atom. The van der Waals surface area contributed by atoms with Gasteiger partial charge in [-0.3, -0.25) is 20.0 Å². The zero-order valence-electron chi connectivity index (χ0n) is 26.8. The van der Waals surface area contributed by atoms with Crippen LogP contribution < -0.4 is 20.3 Å². The SMILES string of the molecule is CCc1c(F)ccc2cc(O)cc(-c3ncc4c(N5CCC[C@]6(C5)NC(=O)NC6=O)nc(OCC56CCCN5C/C(=C\F)C6)nc4c3F)c12. The number of amides is 3. The Morgan fingerprint density at radius 1 is 1.12 bits per heavy atom. The van der Waals surface area contributed by atoms with Gasteiger partial charge in [-0.15, -0.1) is 0 Å². The van der Waals surface area contributed by atoms with E-state index in [2.05, 4.69) is 25.5 Å². The van der Waals surface area contributed by atoms with E-state index in [4.69, 9.17) is 9.72 Å². The number of phenolic OH excluding ortho intramolecular Hbond substituents is 1. The van der Waals surface area contributed by atoms with Crippen LogP contribution in [0, 0.1) is 11.6 Å². The number of benzene rings is 2. The Morgan fingerprint density at radius 2 is 1.96 bits per heavy atom. The number of nitrogens with zero attached hydrogens (tertiary/aromatic N) is 5. The van der Waals surface area contributed by atoms with E-state index in [0.29, 0.717) is 67.0 Å². The first kappa shape index (κ1) is 31.3. The van der Waals surface area contributed by atoms with Crippen LogP contribution in [0.5, 0.6) is 11.8 Å². The van der Waals surface area contributed by atoms with Crippen molar-refractivity contribution >= 4 is 39.4 Å². The number of carbonyl (C=O) groups excluding carboxylic acids is 2. The van der Waals surface area contributed by atoms with Crippen molar-refractivity contribution in [1.29, 1.82) is 0 Å². The molecule has 3 N–H and O–H groups in total. The van der Waals surface area contributed by atoms with E-state index in [1.165, 1.54) is 30.5 Å². The summed E-state index contributed by atoms with van der Waals surface area (Å²) in [7, 11) is 0. The number of piperidine rings is 1. The standard InChI is InChI=1S/C35H34F3N7O4/c1-2-22-25(37)6-5-20-11-21(46)12-23(26(20)22)28-27(38)29-24(15-39-28)30(44-9-4-8-35(17-44)31(47)42-32(48)43-35)41-33(40-29)49-18-34-7-3-10-45(34)16-19(13-34)14-36/h5-6,11-12,14-15,46H,2-4,7-10,13,16-18H2,1H3,(H2,42,43,47,48)/b19-14-/t34?,35-/m1/s1. The van der Waals surface area contributed by atoms with Gasteiger partial charge in [0.25, 0.3) is 5.91 Å². The van der Waals surface area contributed by atoms with Crippen LogP contribution in [0.15, 0.2) is 42.4 Å². The molecular weight excluding hydrogens is 639 g/mol. The minimum atomic E-state index is -1.19. The summed E-state index contributed by atoms with van der Waals surface area (Å²) in [6.45, 7) is 3.76. The molecule has 4 aromatic rings. The molecule has 0 aliphatic carbocycles. The lowest BCUT2D eigenvalue weighted by atomic mass is 9.89. The molecule has 2 atom stereocenters. The van der Waals surface area contributed by atoms with Crippen molar-refractivity contribution in [2.75, 3.05) is 37.7 Å². The van der Waals surface area contributed by atoms with Gasteiger partial charge in [0.05, 0.1) is 23.8 Å². The molecule has 14 heteroatoms. The highest BCUT2D eigenvalue weighted by Gasteiger charge is 2.50. The number of anilines is 1. The summed E-state index contributed by atoms with van der Waals surface area (Å²) < 4.78 is 51.8. The summed E-state index contributed by atoms with van der Waals surface area (Å²) in [5.74, 6) is -1.60. The molecule has 49 heavy (non-hydrogen) atoms. The Kier molecular flexibility index (Phi) is 7.39. The average Bonchev–Trinajstić information content (AvgIpc) is 3.73. The second-order valence-electron chi connectivity index (χ2n) is 13.5. The molecule has 3 amide bonds. The zero-order valence-corrected chi connectivity index (χ0v) is 26.8. The van der Waals surface area contributed by atoms with Crippen LogP contribution >= 0.6 is 0 Å². The number of aryl methyl sites for hydroxylation is 1. The summed E-state index contributed by atoms with van der Waals surface area (Å²) in [6.07, 6.45) is 5.55. The maximum Gasteiger partial charge on any atom is 0.322 e. The van der Waals surface area contributed by atoms with Crippen molar-refractivity contribution in [1.82, 2.24) is 30.5 Å². The second-order valence-corrected chi connectivity index (χ2v) is 13.5. The highest BCUT2D eigenvalue weighted by atomic mass is 19.1. The van der Waals surface area contributed by atoms with Crippen molar-refractivity contribution in [3.63, 3.8) is 0 Å². The van der Waals surface area contributed by atoms with Gasteiger partial charge in [0.2, 0.25) is 0 Å². The fourth-order valence-corrected chi connectivity index (χ4v) is 8.25. The number of phenols is 1. The fraction of sp³-hybridized carbons (Fsp3) is 0.400.